The van der Waals surface area contributed by atoms with Crippen LogP contribution in [0.1, 0.15) is 22.5 Å². The Balaban J connectivity index is 1.77. The fraction of sp³-hybridized carbons (Fsp3) is 0.150. The summed E-state index contributed by atoms with van der Waals surface area (Å²) in [6.07, 6.45) is 0.143. The predicted molar refractivity (Wildman–Crippen MR) is 97.0 cm³/mol. The molecule has 3 aromatic rings. The smallest absolute Gasteiger partial charge is 0.351 e. The molecule has 0 saturated carbocycles. The Labute approximate surface area is 154 Å². The highest BCUT2D eigenvalue weighted by Gasteiger charge is 2.41. The van der Waals surface area contributed by atoms with Crippen molar-refractivity contribution >= 4 is 22.8 Å². The van der Waals surface area contributed by atoms with Gasteiger partial charge in [-0.2, -0.15) is 5.10 Å². The number of benzene rings is 2. The summed E-state index contributed by atoms with van der Waals surface area (Å²) in [5, 5.41) is 15.2. The van der Waals surface area contributed by atoms with Crippen molar-refractivity contribution in [3.8, 4) is 17.5 Å². The molecule has 1 aliphatic rings. The predicted octanol–water partition coefficient (Wildman–Crippen LogP) is 1.15. The largest absolute Gasteiger partial charge is 0.463 e. The molecule has 1 aromatic heterocycles. The Bertz CT molecular complexity index is 1140. The van der Waals surface area contributed by atoms with E-state index in [9.17, 15) is 14.7 Å². The van der Waals surface area contributed by atoms with Gasteiger partial charge in [0.05, 0.1) is 17.8 Å². The zero-order valence-electron chi connectivity index (χ0n) is 14.2. The van der Waals surface area contributed by atoms with Gasteiger partial charge in [-0.15, -0.1) is 0 Å². The van der Waals surface area contributed by atoms with Crippen LogP contribution < -0.4 is 5.73 Å². The summed E-state index contributed by atoms with van der Waals surface area (Å²) in [6, 6.07) is 14.4. The van der Waals surface area contributed by atoms with E-state index in [-0.39, 0.29) is 18.7 Å². The van der Waals surface area contributed by atoms with Gasteiger partial charge in [-0.3, -0.25) is 4.79 Å². The number of aromatic nitrogens is 2. The van der Waals surface area contributed by atoms with Crippen LogP contribution in [0.3, 0.4) is 0 Å². The molecule has 0 bridgehead atoms. The molecule has 1 aliphatic heterocycles. The van der Waals surface area contributed by atoms with E-state index in [0.29, 0.717) is 16.6 Å². The molecule has 7 nitrogen and oxygen atoms in total. The van der Waals surface area contributed by atoms with Gasteiger partial charge in [-0.05, 0) is 24.3 Å². The molecule has 0 radical (unpaired) electrons. The van der Waals surface area contributed by atoms with E-state index in [4.69, 9.17) is 10.5 Å². The van der Waals surface area contributed by atoms with E-state index in [2.05, 4.69) is 16.9 Å². The van der Waals surface area contributed by atoms with Crippen molar-refractivity contribution in [2.75, 3.05) is 6.61 Å². The van der Waals surface area contributed by atoms with Gasteiger partial charge < -0.3 is 15.6 Å². The number of hydrogen-bond acceptors (Lipinski definition) is 5. The third-order valence-corrected chi connectivity index (χ3v) is 4.36. The number of fused-ring (bicyclic) bond motifs is 1. The summed E-state index contributed by atoms with van der Waals surface area (Å²) in [5.41, 5.74) is 5.84. The zero-order valence-corrected chi connectivity index (χ0v) is 14.2. The molecule has 2 heterocycles. The van der Waals surface area contributed by atoms with Crippen LogP contribution >= 0.6 is 0 Å². The van der Waals surface area contributed by atoms with Gasteiger partial charge >= 0.3 is 5.97 Å². The SMILES string of the molecule is NC(=O)c1nn(-c2cccc(C#C[C@]3(O)CCOC3=O)c2)c2ccccc12. The van der Waals surface area contributed by atoms with Gasteiger partial charge in [0.25, 0.3) is 5.91 Å². The van der Waals surface area contributed by atoms with Gasteiger partial charge in [-0.1, -0.05) is 36.1 Å². The van der Waals surface area contributed by atoms with Crippen LogP contribution in [0.15, 0.2) is 48.5 Å². The minimum absolute atomic E-state index is 0.143. The Morgan fingerprint density at radius 1 is 1.26 bits per heavy atom. The van der Waals surface area contributed by atoms with Gasteiger partial charge in [0.2, 0.25) is 5.60 Å². The maximum absolute atomic E-state index is 11.7. The van der Waals surface area contributed by atoms with Crippen molar-refractivity contribution in [3.63, 3.8) is 0 Å². The van der Waals surface area contributed by atoms with E-state index < -0.39 is 17.5 Å². The lowest BCUT2D eigenvalue weighted by Crippen LogP contribution is -2.31. The van der Waals surface area contributed by atoms with Gasteiger partial charge in [0.1, 0.15) is 0 Å². The monoisotopic (exact) mass is 361 g/mol. The quantitative estimate of drug-likeness (QED) is 0.526. The van der Waals surface area contributed by atoms with E-state index >= 15 is 0 Å². The average molecular weight is 361 g/mol. The van der Waals surface area contributed by atoms with E-state index in [0.717, 1.165) is 5.52 Å². The molecule has 2 aromatic carbocycles. The van der Waals surface area contributed by atoms with Crippen molar-refractivity contribution in [3.05, 3.63) is 59.8 Å². The molecule has 0 spiro atoms. The van der Waals surface area contributed by atoms with Crippen LogP contribution in [0.4, 0.5) is 0 Å². The number of esters is 1. The molecule has 27 heavy (non-hydrogen) atoms. The van der Waals surface area contributed by atoms with Crippen LogP contribution in [0, 0.1) is 11.8 Å². The molecule has 1 fully saturated rings. The Hall–Kier alpha value is -3.63. The number of aliphatic hydroxyl groups is 1. The third-order valence-electron chi connectivity index (χ3n) is 4.36. The first-order valence-corrected chi connectivity index (χ1v) is 8.29. The minimum atomic E-state index is -1.77. The summed E-state index contributed by atoms with van der Waals surface area (Å²) in [5.74, 6) is 4.07. The molecule has 4 rings (SSSR count). The number of amides is 1. The molecule has 1 amide bonds. The van der Waals surface area contributed by atoms with Crippen LogP contribution in [-0.2, 0) is 9.53 Å². The van der Waals surface area contributed by atoms with E-state index in [1.807, 2.05) is 24.3 Å². The number of carbonyl (C=O) groups excluding carboxylic acids is 2. The highest BCUT2D eigenvalue weighted by atomic mass is 16.6. The van der Waals surface area contributed by atoms with E-state index in [1.165, 1.54) is 0 Å². The van der Waals surface area contributed by atoms with Crippen LogP contribution in [0.5, 0.6) is 0 Å². The molecule has 7 heteroatoms. The molecule has 0 unspecified atom stereocenters. The van der Waals surface area contributed by atoms with Crippen molar-refractivity contribution in [1.29, 1.82) is 0 Å². The number of nitrogens with two attached hydrogens (primary N) is 1. The average Bonchev–Trinajstić information content (AvgIpc) is 3.22. The molecule has 0 aliphatic carbocycles. The highest BCUT2D eigenvalue weighted by molar-refractivity contribution is 6.04. The summed E-state index contributed by atoms with van der Waals surface area (Å²) in [7, 11) is 0. The minimum Gasteiger partial charge on any atom is -0.463 e. The summed E-state index contributed by atoms with van der Waals surface area (Å²) < 4.78 is 6.38. The third kappa shape index (κ3) is 2.92. The number of carbonyl (C=O) groups is 2. The number of rotatable bonds is 2. The Morgan fingerprint density at radius 3 is 2.81 bits per heavy atom. The first-order chi connectivity index (χ1) is 13.0. The van der Waals surface area contributed by atoms with Crippen LogP contribution in [0.25, 0.3) is 16.6 Å². The number of primary amides is 1. The van der Waals surface area contributed by atoms with E-state index in [1.54, 1.807) is 28.9 Å². The highest BCUT2D eigenvalue weighted by Crippen LogP contribution is 2.23. The summed E-state index contributed by atoms with van der Waals surface area (Å²) in [6.45, 7) is 0.152. The second-order valence-corrected chi connectivity index (χ2v) is 6.19. The van der Waals surface area contributed by atoms with Crippen molar-refractivity contribution in [2.24, 2.45) is 5.73 Å². The van der Waals surface area contributed by atoms with Crippen LogP contribution in [0.2, 0.25) is 0 Å². The molecular formula is C20H15N3O4. The number of cyclic esters (lactones) is 1. The second kappa shape index (κ2) is 6.27. The summed E-state index contributed by atoms with van der Waals surface area (Å²) >= 11 is 0. The molecule has 1 atom stereocenters. The van der Waals surface area contributed by atoms with Crippen molar-refractivity contribution in [1.82, 2.24) is 9.78 Å². The second-order valence-electron chi connectivity index (χ2n) is 6.19. The lowest BCUT2D eigenvalue weighted by Gasteiger charge is -2.08. The number of hydrogen-bond donors (Lipinski definition) is 2. The van der Waals surface area contributed by atoms with Crippen molar-refractivity contribution < 1.29 is 19.4 Å². The molecule has 134 valence electrons. The Kier molecular flexibility index (Phi) is 3.90. The Morgan fingerprint density at radius 2 is 2.07 bits per heavy atom. The number of nitrogens with zero attached hydrogens (tertiary/aromatic N) is 2. The lowest BCUT2D eigenvalue weighted by atomic mass is 10.0. The number of para-hydroxylation sites is 1. The first kappa shape index (κ1) is 16.8. The maximum Gasteiger partial charge on any atom is 0.351 e. The summed E-state index contributed by atoms with van der Waals surface area (Å²) in [4.78, 5) is 23.3. The number of ether oxygens (including phenoxy) is 1. The molecular weight excluding hydrogens is 346 g/mol. The van der Waals surface area contributed by atoms with Gasteiger partial charge in [0, 0.05) is 17.4 Å². The van der Waals surface area contributed by atoms with Crippen LogP contribution in [-0.4, -0.2) is 39.0 Å². The topological polar surface area (TPSA) is 107 Å². The first-order valence-electron chi connectivity index (χ1n) is 8.29. The molecule has 3 N–H and O–H groups in total. The normalized spacial score (nSPS) is 18.8. The zero-order chi connectivity index (χ0) is 19.0. The van der Waals surface area contributed by atoms with Gasteiger partial charge in [0.15, 0.2) is 5.69 Å². The lowest BCUT2D eigenvalue weighted by molar-refractivity contribution is -0.148. The van der Waals surface area contributed by atoms with Crippen molar-refractivity contribution in [2.45, 2.75) is 12.0 Å². The fourth-order valence-electron chi connectivity index (χ4n) is 2.96. The molecule has 1 saturated heterocycles. The van der Waals surface area contributed by atoms with Gasteiger partial charge in [-0.25, -0.2) is 9.48 Å². The maximum atomic E-state index is 11.7. The fourth-order valence-corrected chi connectivity index (χ4v) is 2.96. The standard InChI is InChI=1S/C20H15N3O4/c21-18(24)17-15-6-1-2-7-16(15)23(22-17)14-5-3-4-13(12-14)8-9-20(26)10-11-27-19(20)25/h1-7,12,26H,10-11H2,(H2,21,24)/t20-/m0/s1.